The maximum atomic E-state index is 8.90. The van der Waals surface area contributed by atoms with Crippen LogP contribution in [0.1, 0.15) is 16.8 Å². The molecule has 2 rings (SSSR count). The minimum Gasteiger partial charge on any atom is -0.437 e. The van der Waals surface area contributed by atoms with Gasteiger partial charge in [-0.3, -0.25) is 0 Å². The molecule has 0 saturated heterocycles. The number of hydrogen-bond acceptors (Lipinski definition) is 4. The quantitative estimate of drug-likeness (QED) is 0.388. The second kappa shape index (κ2) is 6.20. The van der Waals surface area contributed by atoms with Gasteiger partial charge < -0.3 is 15.7 Å². The van der Waals surface area contributed by atoms with Crippen LogP contribution in [0, 0.1) is 13.8 Å². The summed E-state index contributed by atoms with van der Waals surface area (Å²) in [6.45, 7) is 3.64. The number of nitrogens with two attached hydrogens (primary N) is 1. The number of ether oxygens (including phenoxy) is 1. The van der Waals surface area contributed by atoms with Gasteiger partial charge in [-0.2, -0.15) is 0 Å². The van der Waals surface area contributed by atoms with Gasteiger partial charge in [-0.1, -0.05) is 28.4 Å². The number of aromatic nitrogens is 1. The van der Waals surface area contributed by atoms with Gasteiger partial charge in [0.2, 0.25) is 5.88 Å². The van der Waals surface area contributed by atoms with Gasteiger partial charge in [-0.05, 0) is 43.7 Å². The number of pyridine rings is 1. The molecular formula is C14H13Cl2N3O2. The van der Waals surface area contributed by atoms with E-state index in [-0.39, 0.29) is 11.7 Å². The summed E-state index contributed by atoms with van der Waals surface area (Å²) in [6.07, 6.45) is 0. The number of nitrogens with zero attached hydrogens (tertiary/aromatic N) is 2. The molecule has 2 aromatic rings. The number of rotatable bonds is 3. The van der Waals surface area contributed by atoms with Crippen molar-refractivity contribution in [3.63, 3.8) is 0 Å². The van der Waals surface area contributed by atoms with Gasteiger partial charge in [0.15, 0.2) is 5.84 Å². The van der Waals surface area contributed by atoms with E-state index in [9.17, 15) is 0 Å². The molecule has 5 nitrogen and oxygen atoms in total. The molecule has 0 fully saturated rings. The van der Waals surface area contributed by atoms with Crippen LogP contribution in [-0.4, -0.2) is 16.0 Å². The lowest BCUT2D eigenvalue weighted by Crippen LogP contribution is -2.17. The molecule has 0 bridgehead atoms. The van der Waals surface area contributed by atoms with Gasteiger partial charge in [0.05, 0.1) is 10.6 Å². The van der Waals surface area contributed by atoms with Crippen molar-refractivity contribution in [2.45, 2.75) is 13.8 Å². The predicted molar refractivity (Wildman–Crippen MR) is 82.8 cm³/mol. The molecule has 0 saturated carbocycles. The van der Waals surface area contributed by atoms with Crippen molar-refractivity contribution in [3.8, 4) is 11.6 Å². The van der Waals surface area contributed by atoms with Crippen molar-refractivity contribution in [2.24, 2.45) is 10.9 Å². The lowest BCUT2D eigenvalue weighted by atomic mass is 10.1. The molecule has 110 valence electrons. The van der Waals surface area contributed by atoms with E-state index in [1.54, 1.807) is 18.2 Å². The average molecular weight is 326 g/mol. The minimum absolute atomic E-state index is 0.0833. The molecule has 0 unspecified atom stereocenters. The Balaban J connectivity index is 2.53. The van der Waals surface area contributed by atoms with E-state index in [1.807, 2.05) is 19.9 Å². The van der Waals surface area contributed by atoms with Gasteiger partial charge >= 0.3 is 0 Å². The summed E-state index contributed by atoms with van der Waals surface area (Å²) >= 11 is 11.9. The third-order valence-electron chi connectivity index (χ3n) is 2.78. The Hall–Kier alpha value is -1.98. The van der Waals surface area contributed by atoms with Crippen LogP contribution in [0.15, 0.2) is 29.4 Å². The molecule has 0 amide bonds. The van der Waals surface area contributed by atoms with Crippen molar-refractivity contribution < 1.29 is 9.94 Å². The van der Waals surface area contributed by atoms with Gasteiger partial charge in [-0.15, -0.1) is 0 Å². The first-order chi connectivity index (χ1) is 9.92. The molecule has 0 radical (unpaired) electrons. The third-order valence-corrected chi connectivity index (χ3v) is 3.31. The second-order valence-corrected chi connectivity index (χ2v) is 5.27. The van der Waals surface area contributed by atoms with Crippen LogP contribution in [0.5, 0.6) is 11.6 Å². The molecule has 21 heavy (non-hydrogen) atoms. The van der Waals surface area contributed by atoms with Crippen molar-refractivity contribution >= 4 is 29.0 Å². The second-order valence-electron chi connectivity index (χ2n) is 4.42. The molecule has 0 atom stereocenters. The summed E-state index contributed by atoms with van der Waals surface area (Å²) in [4.78, 5) is 4.28. The molecule has 1 heterocycles. The molecule has 3 N–H and O–H groups in total. The standard InChI is InChI=1S/C14H13Cl2N3O2/c1-7-5-8(2)18-14(12(7)13(17)19-20)21-11-4-3-9(15)6-10(11)16/h3-6,20H,1-2H3,(H2,17,19). The highest BCUT2D eigenvalue weighted by Gasteiger charge is 2.16. The molecule has 0 aliphatic carbocycles. The van der Waals surface area contributed by atoms with E-state index in [0.717, 1.165) is 11.3 Å². The number of halogens is 2. The van der Waals surface area contributed by atoms with Crippen molar-refractivity contribution in [2.75, 3.05) is 0 Å². The summed E-state index contributed by atoms with van der Waals surface area (Å²) in [5.74, 6) is 0.512. The van der Waals surface area contributed by atoms with Gasteiger partial charge in [0, 0.05) is 10.7 Å². The SMILES string of the molecule is Cc1cc(C)c(/C(N)=N/O)c(Oc2ccc(Cl)cc2Cl)n1. The van der Waals surface area contributed by atoms with Crippen LogP contribution in [-0.2, 0) is 0 Å². The Kier molecular flexibility index (Phi) is 4.55. The molecule has 0 aliphatic heterocycles. The zero-order valence-electron chi connectivity index (χ0n) is 11.4. The molecule has 1 aromatic carbocycles. The van der Waals surface area contributed by atoms with E-state index < -0.39 is 0 Å². The lowest BCUT2D eigenvalue weighted by Gasteiger charge is -2.13. The number of oxime groups is 1. The van der Waals surface area contributed by atoms with Crippen molar-refractivity contribution in [1.29, 1.82) is 0 Å². The first kappa shape index (κ1) is 15.4. The topological polar surface area (TPSA) is 80.7 Å². The lowest BCUT2D eigenvalue weighted by molar-refractivity contribution is 0.318. The highest BCUT2D eigenvalue weighted by Crippen LogP contribution is 2.33. The Morgan fingerprint density at radius 2 is 2.00 bits per heavy atom. The van der Waals surface area contributed by atoms with Gasteiger partial charge in [-0.25, -0.2) is 4.98 Å². The third kappa shape index (κ3) is 3.37. The number of benzene rings is 1. The fraction of sp³-hybridized carbons (Fsp3) is 0.143. The molecule has 0 aliphatic rings. The monoisotopic (exact) mass is 325 g/mol. The molecular weight excluding hydrogens is 313 g/mol. The van der Waals surface area contributed by atoms with Crippen molar-refractivity contribution in [3.05, 3.63) is 51.1 Å². The summed E-state index contributed by atoms with van der Waals surface area (Å²) < 4.78 is 5.71. The van der Waals surface area contributed by atoms with E-state index in [2.05, 4.69) is 10.1 Å². The highest BCUT2D eigenvalue weighted by atomic mass is 35.5. The predicted octanol–water partition coefficient (Wildman–Crippen LogP) is 3.89. The molecule has 0 spiro atoms. The van der Waals surface area contributed by atoms with E-state index in [0.29, 0.717) is 21.4 Å². The first-order valence-corrected chi connectivity index (χ1v) is 6.77. The largest absolute Gasteiger partial charge is 0.437 e. The summed E-state index contributed by atoms with van der Waals surface area (Å²) in [5, 5.41) is 12.7. The smallest absolute Gasteiger partial charge is 0.230 e. The Morgan fingerprint density at radius 1 is 1.29 bits per heavy atom. The van der Waals surface area contributed by atoms with E-state index in [4.69, 9.17) is 38.9 Å². The number of amidine groups is 1. The van der Waals surface area contributed by atoms with Gasteiger partial charge in [0.1, 0.15) is 5.75 Å². The zero-order valence-corrected chi connectivity index (χ0v) is 12.9. The first-order valence-electron chi connectivity index (χ1n) is 6.01. The Labute approximate surface area is 132 Å². The molecule has 1 aromatic heterocycles. The average Bonchev–Trinajstić information content (AvgIpc) is 2.40. The fourth-order valence-corrected chi connectivity index (χ4v) is 2.35. The van der Waals surface area contributed by atoms with Crippen LogP contribution in [0.3, 0.4) is 0 Å². The molecule has 7 heteroatoms. The van der Waals surface area contributed by atoms with Crippen LogP contribution < -0.4 is 10.5 Å². The minimum atomic E-state index is -0.0833. The highest BCUT2D eigenvalue weighted by molar-refractivity contribution is 6.35. The maximum absolute atomic E-state index is 8.90. The summed E-state index contributed by atoms with van der Waals surface area (Å²) in [5.41, 5.74) is 7.61. The number of hydrogen-bond donors (Lipinski definition) is 2. The van der Waals surface area contributed by atoms with Crippen molar-refractivity contribution in [1.82, 2.24) is 4.98 Å². The normalized spacial score (nSPS) is 11.5. The summed E-state index contributed by atoms with van der Waals surface area (Å²) in [7, 11) is 0. The zero-order chi connectivity index (χ0) is 15.6. The maximum Gasteiger partial charge on any atom is 0.230 e. The van der Waals surface area contributed by atoms with E-state index in [1.165, 1.54) is 0 Å². The van der Waals surface area contributed by atoms with Crippen LogP contribution in [0.25, 0.3) is 0 Å². The van der Waals surface area contributed by atoms with Crippen LogP contribution >= 0.6 is 23.2 Å². The van der Waals surface area contributed by atoms with E-state index >= 15 is 0 Å². The Bertz CT molecular complexity index is 718. The fourth-order valence-electron chi connectivity index (χ4n) is 1.90. The van der Waals surface area contributed by atoms with Gasteiger partial charge in [0.25, 0.3) is 0 Å². The van der Waals surface area contributed by atoms with Crippen LogP contribution in [0.2, 0.25) is 10.0 Å². The number of aryl methyl sites for hydroxylation is 2. The van der Waals surface area contributed by atoms with Crippen LogP contribution in [0.4, 0.5) is 0 Å². The summed E-state index contributed by atoms with van der Waals surface area (Å²) in [6, 6.07) is 6.64. The Morgan fingerprint density at radius 3 is 2.62 bits per heavy atom.